The van der Waals surface area contributed by atoms with Crippen LogP contribution in [0.4, 0.5) is 14.5 Å². The zero-order valence-electron chi connectivity index (χ0n) is 10.8. The van der Waals surface area contributed by atoms with Crippen LogP contribution in [-0.2, 0) is 0 Å². The highest BCUT2D eigenvalue weighted by Gasteiger charge is 2.11. The molecule has 0 heterocycles. The molecule has 0 aliphatic heterocycles. The lowest BCUT2D eigenvalue weighted by Gasteiger charge is -2.14. The number of rotatable bonds is 4. The molecule has 0 aromatic heterocycles. The van der Waals surface area contributed by atoms with Crippen LogP contribution in [-0.4, -0.2) is 11.7 Å². The van der Waals surface area contributed by atoms with E-state index < -0.39 is 17.7 Å². The normalized spacial score (nSPS) is 12.2. The molecule has 1 unspecified atom stereocenters. The van der Waals surface area contributed by atoms with Crippen molar-refractivity contribution < 1.29 is 13.9 Å². The first-order valence-electron chi connectivity index (χ1n) is 6.10. The Labute approximate surface area is 124 Å². The average Bonchev–Trinajstić information content (AvgIpc) is 2.41. The van der Waals surface area contributed by atoms with E-state index in [0.717, 1.165) is 16.6 Å². The third kappa shape index (κ3) is 3.55. The van der Waals surface area contributed by atoms with E-state index in [1.807, 2.05) is 6.07 Å². The standard InChI is InChI=1S/C15H14BrF2NO/c1-9-5-13(18)14(7-12(9)17)19-8-15(20)10-3-2-4-11(16)6-10/h2-7,15,19-20H,8H2,1H3. The molecular weight excluding hydrogens is 328 g/mol. The van der Waals surface area contributed by atoms with Gasteiger partial charge in [0.25, 0.3) is 0 Å². The number of anilines is 1. The van der Waals surface area contributed by atoms with Crippen molar-refractivity contribution in [2.24, 2.45) is 0 Å². The van der Waals surface area contributed by atoms with Crippen LogP contribution in [0.25, 0.3) is 0 Å². The van der Waals surface area contributed by atoms with E-state index in [9.17, 15) is 13.9 Å². The first kappa shape index (κ1) is 14.9. The van der Waals surface area contributed by atoms with Crippen molar-refractivity contribution >= 4 is 21.6 Å². The van der Waals surface area contributed by atoms with Crippen molar-refractivity contribution in [3.8, 4) is 0 Å². The summed E-state index contributed by atoms with van der Waals surface area (Å²) < 4.78 is 27.9. The molecule has 0 aliphatic rings. The Morgan fingerprint density at radius 3 is 2.65 bits per heavy atom. The van der Waals surface area contributed by atoms with E-state index in [0.29, 0.717) is 5.56 Å². The van der Waals surface area contributed by atoms with Gasteiger partial charge >= 0.3 is 0 Å². The Balaban J connectivity index is 2.07. The summed E-state index contributed by atoms with van der Waals surface area (Å²) in [5, 5.41) is 12.7. The van der Waals surface area contributed by atoms with Crippen molar-refractivity contribution in [2.75, 3.05) is 11.9 Å². The zero-order chi connectivity index (χ0) is 14.7. The fourth-order valence-electron chi connectivity index (χ4n) is 1.82. The van der Waals surface area contributed by atoms with Crippen molar-refractivity contribution in [1.82, 2.24) is 0 Å². The van der Waals surface area contributed by atoms with Crippen molar-refractivity contribution in [2.45, 2.75) is 13.0 Å². The predicted molar refractivity (Wildman–Crippen MR) is 78.7 cm³/mol. The summed E-state index contributed by atoms with van der Waals surface area (Å²) in [5.41, 5.74) is 0.989. The number of aliphatic hydroxyl groups is 1. The van der Waals surface area contributed by atoms with E-state index in [2.05, 4.69) is 21.2 Å². The third-order valence-corrected chi connectivity index (χ3v) is 3.46. The van der Waals surface area contributed by atoms with Crippen molar-refractivity contribution in [1.29, 1.82) is 0 Å². The lowest BCUT2D eigenvalue weighted by molar-refractivity contribution is 0.191. The minimum atomic E-state index is -0.809. The average molecular weight is 342 g/mol. The van der Waals surface area contributed by atoms with Crippen LogP contribution in [0.1, 0.15) is 17.2 Å². The van der Waals surface area contributed by atoms with Gasteiger partial charge in [-0.3, -0.25) is 0 Å². The van der Waals surface area contributed by atoms with Gasteiger partial charge in [0.1, 0.15) is 11.6 Å². The fourth-order valence-corrected chi connectivity index (χ4v) is 2.24. The molecule has 0 saturated carbocycles. The summed E-state index contributed by atoms with van der Waals surface area (Å²) in [6.45, 7) is 1.59. The summed E-state index contributed by atoms with van der Waals surface area (Å²) >= 11 is 3.31. The molecule has 0 spiro atoms. The van der Waals surface area contributed by atoms with Gasteiger partial charge in [-0.2, -0.15) is 0 Å². The van der Waals surface area contributed by atoms with Crippen LogP contribution in [0, 0.1) is 18.6 Å². The molecule has 2 rings (SSSR count). The molecule has 0 fully saturated rings. The molecule has 0 bridgehead atoms. The van der Waals surface area contributed by atoms with Gasteiger partial charge in [-0.05, 0) is 36.2 Å². The molecule has 2 aromatic rings. The number of hydrogen-bond donors (Lipinski definition) is 2. The minimum Gasteiger partial charge on any atom is -0.387 e. The minimum absolute atomic E-state index is 0.0437. The Bertz CT molecular complexity index is 619. The molecule has 2 nitrogen and oxygen atoms in total. The van der Waals surface area contributed by atoms with Gasteiger partial charge in [0.05, 0.1) is 11.8 Å². The number of halogens is 3. The predicted octanol–water partition coefficient (Wildman–Crippen LogP) is 4.18. The van der Waals surface area contributed by atoms with Crippen molar-refractivity contribution in [3.63, 3.8) is 0 Å². The molecular formula is C15H14BrF2NO. The monoisotopic (exact) mass is 341 g/mol. The molecule has 0 amide bonds. The topological polar surface area (TPSA) is 32.3 Å². The van der Waals surface area contributed by atoms with Crippen LogP contribution in [0.5, 0.6) is 0 Å². The van der Waals surface area contributed by atoms with Gasteiger partial charge in [-0.15, -0.1) is 0 Å². The second-order valence-corrected chi connectivity index (χ2v) is 5.45. The van der Waals surface area contributed by atoms with Crippen LogP contribution >= 0.6 is 15.9 Å². The van der Waals surface area contributed by atoms with Gasteiger partial charge < -0.3 is 10.4 Å². The fraction of sp³-hybridized carbons (Fsp3) is 0.200. The summed E-state index contributed by atoms with van der Waals surface area (Å²) in [5.74, 6) is -1.02. The zero-order valence-corrected chi connectivity index (χ0v) is 12.4. The smallest absolute Gasteiger partial charge is 0.146 e. The summed E-state index contributed by atoms with van der Waals surface area (Å²) in [7, 11) is 0. The molecule has 0 aliphatic carbocycles. The van der Waals surface area contributed by atoms with Gasteiger partial charge in [-0.1, -0.05) is 28.1 Å². The first-order chi connectivity index (χ1) is 9.47. The highest BCUT2D eigenvalue weighted by atomic mass is 79.9. The summed E-state index contributed by atoms with van der Waals surface area (Å²) in [6, 6.07) is 9.41. The lowest BCUT2D eigenvalue weighted by Crippen LogP contribution is -2.13. The molecule has 2 N–H and O–H groups in total. The molecule has 106 valence electrons. The van der Waals surface area contributed by atoms with E-state index in [1.165, 1.54) is 6.92 Å². The van der Waals surface area contributed by atoms with E-state index in [4.69, 9.17) is 0 Å². The maximum Gasteiger partial charge on any atom is 0.146 e. The summed E-state index contributed by atoms with van der Waals surface area (Å²) in [6.07, 6.45) is -0.809. The third-order valence-electron chi connectivity index (χ3n) is 2.97. The Morgan fingerprint density at radius 2 is 1.95 bits per heavy atom. The highest BCUT2D eigenvalue weighted by Crippen LogP contribution is 2.22. The second-order valence-electron chi connectivity index (χ2n) is 4.53. The van der Waals surface area contributed by atoms with E-state index in [1.54, 1.807) is 18.2 Å². The number of benzene rings is 2. The van der Waals surface area contributed by atoms with Crippen LogP contribution < -0.4 is 5.32 Å². The number of aryl methyl sites for hydroxylation is 1. The van der Waals surface area contributed by atoms with Crippen LogP contribution in [0.2, 0.25) is 0 Å². The van der Waals surface area contributed by atoms with Gasteiger partial charge in [0, 0.05) is 17.1 Å². The second kappa shape index (κ2) is 6.33. The molecule has 2 aromatic carbocycles. The molecule has 20 heavy (non-hydrogen) atoms. The summed E-state index contributed by atoms with van der Waals surface area (Å²) in [4.78, 5) is 0. The van der Waals surface area contributed by atoms with Gasteiger partial charge in [0.15, 0.2) is 0 Å². The highest BCUT2D eigenvalue weighted by molar-refractivity contribution is 9.10. The molecule has 1 atom stereocenters. The largest absolute Gasteiger partial charge is 0.387 e. The Hall–Kier alpha value is -1.46. The van der Waals surface area contributed by atoms with E-state index >= 15 is 0 Å². The number of nitrogens with one attached hydrogen (secondary N) is 1. The number of aliphatic hydroxyl groups excluding tert-OH is 1. The van der Waals surface area contributed by atoms with Gasteiger partial charge in [0.2, 0.25) is 0 Å². The maximum absolute atomic E-state index is 13.6. The Morgan fingerprint density at radius 1 is 1.20 bits per heavy atom. The lowest BCUT2D eigenvalue weighted by atomic mass is 10.1. The van der Waals surface area contributed by atoms with Gasteiger partial charge in [-0.25, -0.2) is 8.78 Å². The number of hydrogen-bond acceptors (Lipinski definition) is 2. The van der Waals surface area contributed by atoms with Crippen LogP contribution in [0.15, 0.2) is 40.9 Å². The molecule has 5 heteroatoms. The first-order valence-corrected chi connectivity index (χ1v) is 6.89. The van der Waals surface area contributed by atoms with Crippen molar-refractivity contribution in [3.05, 3.63) is 63.6 Å². The van der Waals surface area contributed by atoms with E-state index in [-0.39, 0.29) is 17.8 Å². The molecule has 0 radical (unpaired) electrons. The Kier molecular flexibility index (Phi) is 4.73. The van der Waals surface area contributed by atoms with Crippen LogP contribution in [0.3, 0.4) is 0 Å². The maximum atomic E-state index is 13.6. The quantitative estimate of drug-likeness (QED) is 0.874. The SMILES string of the molecule is Cc1cc(F)c(NCC(O)c2cccc(Br)c2)cc1F. The molecule has 0 saturated heterocycles.